The van der Waals surface area contributed by atoms with Crippen LogP contribution in [-0.4, -0.2) is 42.5 Å². The number of aliphatic hydroxyl groups is 1. The topological polar surface area (TPSA) is 92.0 Å². The third-order valence-electron chi connectivity index (χ3n) is 5.75. The van der Waals surface area contributed by atoms with Gasteiger partial charge in [-0.3, -0.25) is 9.69 Å². The number of thioether (sulfide) groups is 1. The van der Waals surface area contributed by atoms with Gasteiger partial charge >= 0.3 is 0 Å². The van der Waals surface area contributed by atoms with Crippen molar-refractivity contribution in [2.75, 3.05) is 26.6 Å². The molecule has 1 saturated heterocycles. The van der Waals surface area contributed by atoms with Crippen LogP contribution in [0.5, 0.6) is 17.2 Å². The number of rotatable bonds is 6. The lowest BCUT2D eigenvalue weighted by molar-refractivity contribution is -0.149. The van der Waals surface area contributed by atoms with Crippen molar-refractivity contribution < 1.29 is 24.1 Å². The Morgan fingerprint density at radius 3 is 2.53 bits per heavy atom. The van der Waals surface area contributed by atoms with Crippen molar-refractivity contribution in [2.24, 2.45) is 0 Å². The molecule has 0 aliphatic carbocycles. The van der Waals surface area contributed by atoms with E-state index in [1.54, 1.807) is 50.6 Å². The summed E-state index contributed by atoms with van der Waals surface area (Å²) in [5, 5.41) is 22.0. The molecular weight excluding hydrogens is 428 g/mol. The molecule has 2 atom stereocenters. The van der Waals surface area contributed by atoms with Gasteiger partial charge in [0.1, 0.15) is 5.75 Å². The van der Waals surface area contributed by atoms with E-state index < -0.39 is 11.6 Å². The zero-order chi connectivity index (χ0) is 22.9. The van der Waals surface area contributed by atoms with Crippen LogP contribution in [0.1, 0.15) is 30.4 Å². The zero-order valence-electron chi connectivity index (χ0n) is 18.1. The van der Waals surface area contributed by atoms with E-state index in [-0.39, 0.29) is 18.1 Å². The summed E-state index contributed by atoms with van der Waals surface area (Å²) in [5.74, 6) is 1.39. The van der Waals surface area contributed by atoms with Crippen LogP contribution >= 0.6 is 11.8 Å². The summed E-state index contributed by atoms with van der Waals surface area (Å²) in [6.07, 6.45) is 0.0712. The number of nitrogens with zero attached hydrogens (tertiary/aromatic N) is 2. The van der Waals surface area contributed by atoms with Gasteiger partial charge in [-0.05, 0) is 36.8 Å². The number of ether oxygens (including phenoxy) is 3. The summed E-state index contributed by atoms with van der Waals surface area (Å²) in [6.45, 7) is 2.44. The van der Waals surface area contributed by atoms with Crippen LogP contribution in [0.2, 0.25) is 0 Å². The Morgan fingerprint density at radius 1 is 1.19 bits per heavy atom. The molecule has 4 rings (SSSR count). The number of benzene rings is 2. The second-order valence-corrected chi connectivity index (χ2v) is 8.46. The van der Waals surface area contributed by atoms with Crippen LogP contribution in [0.15, 0.2) is 53.1 Å². The number of fused-ring (bicyclic) bond motifs is 1. The first kappa shape index (κ1) is 22.1. The van der Waals surface area contributed by atoms with Gasteiger partial charge in [-0.15, -0.1) is 11.8 Å². The van der Waals surface area contributed by atoms with Gasteiger partial charge in [0.25, 0.3) is 0 Å². The number of amides is 1. The molecule has 2 heterocycles. The van der Waals surface area contributed by atoms with Gasteiger partial charge in [0.2, 0.25) is 5.91 Å². The number of methoxy groups -OCH3 is 2. The monoisotopic (exact) mass is 452 g/mol. The largest absolute Gasteiger partial charge is 0.494 e. The van der Waals surface area contributed by atoms with Gasteiger partial charge in [-0.2, -0.15) is 5.26 Å². The maximum absolute atomic E-state index is 13.3. The first-order chi connectivity index (χ1) is 15.5. The zero-order valence-corrected chi connectivity index (χ0v) is 18.9. The second-order valence-electron chi connectivity index (χ2n) is 7.49. The summed E-state index contributed by atoms with van der Waals surface area (Å²) < 4.78 is 16.2. The molecule has 0 aromatic heterocycles. The molecule has 1 fully saturated rings. The Hall–Kier alpha value is -3.15. The predicted octanol–water partition coefficient (Wildman–Crippen LogP) is 3.75. The molecule has 166 valence electrons. The molecule has 8 heteroatoms. The number of allylic oxidation sites excluding steroid dienone is 1. The fourth-order valence-corrected chi connectivity index (χ4v) is 5.54. The van der Waals surface area contributed by atoms with Crippen molar-refractivity contribution >= 4 is 17.7 Å². The highest BCUT2D eigenvalue weighted by atomic mass is 32.2. The third kappa shape index (κ3) is 3.57. The van der Waals surface area contributed by atoms with E-state index in [4.69, 9.17) is 14.2 Å². The van der Waals surface area contributed by atoms with Crippen molar-refractivity contribution in [2.45, 2.75) is 25.0 Å². The SMILES string of the molecule is CCOc1ccc([C@@]2(O)CSC3=C(C#N)[C@@H](c4ccc(OC)c(OC)c4)CC(=O)N32)cc1. The summed E-state index contributed by atoms with van der Waals surface area (Å²) in [6, 6.07) is 14.7. The van der Waals surface area contributed by atoms with Crippen LogP contribution in [0.4, 0.5) is 0 Å². The normalized spacial score (nSPS) is 22.4. The Balaban J connectivity index is 1.73. The average molecular weight is 453 g/mol. The molecule has 32 heavy (non-hydrogen) atoms. The minimum atomic E-state index is -1.52. The van der Waals surface area contributed by atoms with E-state index in [2.05, 4.69) is 6.07 Å². The first-order valence-corrected chi connectivity index (χ1v) is 11.2. The Bertz CT molecular complexity index is 1110. The maximum Gasteiger partial charge on any atom is 0.231 e. The van der Waals surface area contributed by atoms with Crippen LogP contribution < -0.4 is 14.2 Å². The number of hydrogen-bond donors (Lipinski definition) is 1. The molecule has 1 N–H and O–H groups in total. The quantitative estimate of drug-likeness (QED) is 0.714. The second kappa shape index (κ2) is 8.77. The van der Waals surface area contributed by atoms with Crippen molar-refractivity contribution in [3.63, 3.8) is 0 Å². The van der Waals surface area contributed by atoms with E-state index >= 15 is 0 Å². The molecule has 7 nitrogen and oxygen atoms in total. The van der Waals surface area contributed by atoms with Crippen molar-refractivity contribution in [3.8, 4) is 23.3 Å². The number of hydrogen-bond acceptors (Lipinski definition) is 7. The third-order valence-corrected chi connectivity index (χ3v) is 6.97. The van der Waals surface area contributed by atoms with Gasteiger partial charge in [-0.25, -0.2) is 0 Å². The minimum Gasteiger partial charge on any atom is -0.494 e. The molecule has 0 spiro atoms. The number of nitriles is 1. The van der Waals surface area contributed by atoms with Crippen molar-refractivity contribution in [1.82, 2.24) is 4.90 Å². The lowest BCUT2D eigenvalue weighted by Gasteiger charge is -2.38. The fourth-order valence-electron chi connectivity index (χ4n) is 4.18. The van der Waals surface area contributed by atoms with Gasteiger partial charge in [0.15, 0.2) is 17.2 Å². The molecular formula is C24H24N2O5S. The summed E-state index contributed by atoms with van der Waals surface area (Å²) in [7, 11) is 3.10. The molecule has 0 unspecified atom stereocenters. The van der Waals surface area contributed by atoms with E-state index in [9.17, 15) is 15.2 Å². The standard InChI is InChI=1S/C24H24N2O5S/c1-4-31-17-8-6-16(7-9-17)24(28)14-32-23-19(13-25)18(12-22(27)26(23)24)15-5-10-20(29-2)21(11-15)30-3/h5-11,18,28H,4,12,14H2,1-3H3/t18-,24+/m1/s1. The molecule has 0 radical (unpaired) electrons. The lowest BCUT2D eigenvalue weighted by atomic mass is 9.85. The highest BCUT2D eigenvalue weighted by molar-refractivity contribution is 8.03. The Labute approximate surface area is 191 Å². The number of carbonyl (C=O) groups is 1. The van der Waals surface area contributed by atoms with Crippen LogP contribution in [-0.2, 0) is 10.5 Å². The van der Waals surface area contributed by atoms with Gasteiger partial charge in [0, 0.05) is 17.9 Å². The minimum absolute atomic E-state index is 0.0712. The van der Waals surface area contributed by atoms with E-state index in [0.29, 0.717) is 40.0 Å². The van der Waals surface area contributed by atoms with E-state index in [1.165, 1.54) is 16.7 Å². The molecule has 2 aromatic carbocycles. The van der Waals surface area contributed by atoms with Crippen LogP contribution in [0.25, 0.3) is 0 Å². The van der Waals surface area contributed by atoms with Crippen LogP contribution in [0.3, 0.4) is 0 Å². The highest BCUT2D eigenvalue weighted by Gasteiger charge is 2.51. The summed E-state index contributed by atoms with van der Waals surface area (Å²) in [4.78, 5) is 14.7. The number of carbonyl (C=O) groups excluding carboxylic acids is 1. The van der Waals surface area contributed by atoms with Gasteiger partial charge in [-0.1, -0.05) is 18.2 Å². The smallest absolute Gasteiger partial charge is 0.231 e. The average Bonchev–Trinajstić information content (AvgIpc) is 3.18. The fraction of sp³-hybridized carbons (Fsp3) is 0.333. The van der Waals surface area contributed by atoms with E-state index in [1.807, 2.05) is 13.0 Å². The molecule has 2 aliphatic rings. The Morgan fingerprint density at radius 2 is 1.91 bits per heavy atom. The van der Waals surface area contributed by atoms with Gasteiger partial charge < -0.3 is 19.3 Å². The molecule has 1 amide bonds. The van der Waals surface area contributed by atoms with E-state index in [0.717, 1.165) is 5.56 Å². The first-order valence-electron chi connectivity index (χ1n) is 10.2. The molecule has 0 saturated carbocycles. The highest BCUT2D eigenvalue weighted by Crippen LogP contribution is 2.52. The van der Waals surface area contributed by atoms with Crippen molar-refractivity contribution in [3.05, 3.63) is 64.2 Å². The van der Waals surface area contributed by atoms with Gasteiger partial charge in [0.05, 0.1) is 43.3 Å². The summed E-state index contributed by atoms with van der Waals surface area (Å²) >= 11 is 1.32. The Kier molecular flexibility index (Phi) is 6.04. The summed E-state index contributed by atoms with van der Waals surface area (Å²) in [5.41, 5.74) is 0.311. The van der Waals surface area contributed by atoms with Crippen LogP contribution in [0, 0.1) is 11.3 Å². The molecule has 0 bridgehead atoms. The van der Waals surface area contributed by atoms with Crippen molar-refractivity contribution in [1.29, 1.82) is 5.26 Å². The lowest BCUT2D eigenvalue weighted by Crippen LogP contribution is -2.48. The molecule has 2 aliphatic heterocycles. The molecule has 2 aromatic rings. The predicted molar refractivity (Wildman–Crippen MR) is 120 cm³/mol. The maximum atomic E-state index is 13.3.